The molecule has 0 spiro atoms. The molecule has 4 rings (SSSR count). The van der Waals surface area contributed by atoms with Crippen LogP contribution < -0.4 is 80.3 Å². The Kier molecular flexibility index (Phi) is 27.0. The average Bonchev–Trinajstić information content (AvgIpc) is 3.34. The second-order valence-corrected chi connectivity index (χ2v) is 5.95. The van der Waals surface area contributed by atoms with Gasteiger partial charge >= 0.3 is 71.2 Å². The summed E-state index contributed by atoms with van der Waals surface area (Å²) in [4.78, 5) is 72.5. The Hall–Kier alpha value is -2.98. The monoisotopic (exact) mass is 550 g/mol. The van der Waals surface area contributed by atoms with Gasteiger partial charge in [0.15, 0.2) is 0 Å². The maximum absolute atomic E-state index is 11.1. The van der Waals surface area contributed by atoms with Gasteiger partial charge in [0.1, 0.15) is 12.0 Å². The van der Waals surface area contributed by atoms with Crippen LogP contribution in [0.1, 0.15) is 32.2 Å². The minimum absolute atomic E-state index is 0. The van der Waals surface area contributed by atoms with Gasteiger partial charge in [-0.05, 0) is 35.9 Å². The van der Waals surface area contributed by atoms with Crippen LogP contribution in [0.2, 0.25) is 0 Å². The van der Waals surface area contributed by atoms with Gasteiger partial charge < -0.3 is 22.2 Å². The van der Waals surface area contributed by atoms with E-state index < -0.39 is 11.9 Å². The van der Waals surface area contributed by atoms with E-state index in [1.54, 1.807) is 55.1 Å². The van der Waals surface area contributed by atoms with Crippen molar-refractivity contribution in [3.05, 3.63) is 65.9 Å². The van der Waals surface area contributed by atoms with Gasteiger partial charge in [0.05, 0.1) is 6.54 Å². The largest absolute Gasteiger partial charge is 1.00 e. The van der Waals surface area contributed by atoms with Crippen LogP contribution in [0.3, 0.4) is 0 Å². The molecule has 16 heteroatoms. The number of amides is 6. The van der Waals surface area contributed by atoms with Crippen molar-refractivity contribution in [1.82, 2.24) is 30.8 Å². The summed E-state index contributed by atoms with van der Waals surface area (Å²) in [7, 11) is 1.45. The minimum Gasteiger partial charge on any atom is -1.00 e. The van der Waals surface area contributed by atoms with Gasteiger partial charge in [-0.25, -0.2) is 9.59 Å². The molecule has 2 aromatic rings. The van der Waals surface area contributed by atoms with Crippen LogP contribution in [0, 0.1) is 0 Å². The van der Waals surface area contributed by atoms with E-state index in [0.717, 1.165) is 16.7 Å². The fraction of sp³-hybridized carbons (Fsp3) is 0.182. The zero-order valence-corrected chi connectivity index (χ0v) is 23.7. The van der Waals surface area contributed by atoms with Gasteiger partial charge in [0.25, 0.3) is 12.4 Å². The van der Waals surface area contributed by atoms with E-state index in [9.17, 15) is 24.0 Å². The standard InChI is InChI=1S/C9H7N3O2.C6H5NO.C4H6N2O2.CH2O3.2CH4.2Na.H/c13-8-7(11-9(14)12-8)5-6-1-3-10-4-2-6;8-5-6-1-3-7-4-2-6;1-6-3(7)2-5-4(6)8;2-1-4-3;;;;;/h1-5H,(H2,11,12,13,14);1-5H;2H2,1H3,(H,5,8);1,3H;2*1H4;;;/q;;;;;;2*+1;-1/p-1/b7-5-;;;;;;;;. The number of aldehydes is 1. The van der Waals surface area contributed by atoms with Gasteiger partial charge in [-0.15, -0.1) is 0 Å². The summed E-state index contributed by atoms with van der Waals surface area (Å²) in [5.74, 6) is -0.582. The number of aromatic nitrogens is 2. The van der Waals surface area contributed by atoms with E-state index in [2.05, 4.69) is 30.8 Å². The third-order valence-electron chi connectivity index (χ3n) is 3.69. The van der Waals surface area contributed by atoms with Crippen LogP contribution in [-0.4, -0.2) is 65.1 Å². The molecule has 0 radical (unpaired) electrons. The molecule has 4 heterocycles. The Bertz CT molecular complexity index is 1030. The molecule has 2 aliphatic rings. The van der Waals surface area contributed by atoms with Crippen molar-refractivity contribution in [3.8, 4) is 0 Å². The molecule has 38 heavy (non-hydrogen) atoms. The Morgan fingerprint density at radius 3 is 1.66 bits per heavy atom. The summed E-state index contributed by atoms with van der Waals surface area (Å²) in [6.45, 7) is -0.0324. The fourth-order valence-electron chi connectivity index (χ4n) is 2.05. The summed E-state index contributed by atoms with van der Waals surface area (Å²) in [5.41, 5.74) is 1.73. The number of hydrogen-bond acceptors (Lipinski definition) is 10. The van der Waals surface area contributed by atoms with Crippen molar-refractivity contribution in [2.45, 2.75) is 14.9 Å². The summed E-state index contributed by atoms with van der Waals surface area (Å²) in [6, 6.07) is 6.00. The summed E-state index contributed by atoms with van der Waals surface area (Å²) in [6.07, 6.45) is 8.78. The zero-order valence-electron chi connectivity index (χ0n) is 20.7. The first kappa shape index (κ1) is 42.1. The molecular weight excluding hydrogens is 522 g/mol. The third-order valence-corrected chi connectivity index (χ3v) is 3.69. The number of urea groups is 2. The molecular formula is C22H28N6Na2O8. The molecule has 196 valence electrons. The second-order valence-electron chi connectivity index (χ2n) is 5.95. The van der Waals surface area contributed by atoms with Crippen LogP contribution in [0.15, 0.2) is 54.7 Å². The number of imide groups is 2. The molecule has 14 nitrogen and oxygen atoms in total. The Labute approximate surface area is 265 Å². The summed E-state index contributed by atoms with van der Waals surface area (Å²) < 4.78 is 0. The first-order valence-electron chi connectivity index (χ1n) is 9.18. The molecule has 0 aliphatic carbocycles. The minimum atomic E-state index is -0.490. The van der Waals surface area contributed by atoms with Gasteiger partial charge in [0.2, 0.25) is 5.91 Å². The molecule has 2 aromatic heterocycles. The van der Waals surface area contributed by atoms with Crippen LogP contribution in [0.4, 0.5) is 9.59 Å². The topological polar surface area (TPSA) is 200 Å². The number of carbonyl (C=O) groups is 6. The number of nitrogens with zero attached hydrogens (tertiary/aromatic N) is 3. The fourth-order valence-corrected chi connectivity index (χ4v) is 2.05. The van der Waals surface area contributed by atoms with Crippen LogP contribution in [-0.2, 0) is 19.3 Å². The Morgan fingerprint density at radius 1 is 0.921 bits per heavy atom. The van der Waals surface area contributed by atoms with Crippen molar-refractivity contribution in [2.24, 2.45) is 0 Å². The first-order valence-corrected chi connectivity index (χ1v) is 9.18. The van der Waals surface area contributed by atoms with E-state index in [0.29, 0.717) is 5.56 Å². The van der Waals surface area contributed by atoms with Gasteiger partial charge in [-0.2, -0.15) is 0 Å². The first-order chi connectivity index (χ1) is 16.3. The Morgan fingerprint density at radius 2 is 1.39 bits per heavy atom. The van der Waals surface area contributed by atoms with Gasteiger partial charge in [0, 0.05) is 37.4 Å². The maximum Gasteiger partial charge on any atom is 1.00 e. The van der Waals surface area contributed by atoms with Crippen LogP contribution in [0.5, 0.6) is 0 Å². The smallest absolute Gasteiger partial charge is 1.00 e. The number of rotatable bonds is 3. The number of likely N-dealkylation sites (N-methyl/N-ethyl adjacent to an activating group) is 1. The van der Waals surface area contributed by atoms with E-state index in [-0.39, 0.29) is 106 Å². The van der Waals surface area contributed by atoms with Crippen LogP contribution >= 0.6 is 0 Å². The van der Waals surface area contributed by atoms with E-state index in [1.807, 2.05) is 0 Å². The number of nitrogens with one attached hydrogen (secondary N) is 3. The number of carbonyl (C=O) groups excluding carboxylic acids is 6. The predicted octanol–water partition coefficient (Wildman–Crippen LogP) is -5.85. The Balaban J connectivity index is -0.000000136. The van der Waals surface area contributed by atoms with Crippen molar-refractivity contribution in [3.63, 3.8) is 0 Å². The van der Waals surface area contributed by atoms with Crippen molar-refractivity contribution >= 4 is 42.7 Å². The van der Waals surface area contributed by atoms with E-state index in [1.165, 1.54) is 7.05 Å². The maximum atomic E-state index is 11.1. The van der Waals surface area contributed by atoms with E-state index in [4.69, 9.17) is 10.1 Å². The molecule has 2 saturated heterocycles. The molecule has 0 atom stereocenters. The molecule has 0 unspecified atom stereocenters. The van der Waals surface area contributed by atoms with Crippen molar-refractivity contribution in [1.29, 1.82) is 0 Å². The molecule has 2 aliphatic heterocycles. The summed E-state index contributed by atoms with van der Waals surface area (Å²) in [5, 5.41) is 15.3. The SMILES string of the molecule is C.C.CN1C(=O)CNC1=O.O=C1NC(=O)/C(=C/c2ccncc2)N1.O=CO[O-].O=Cc1ccncc1.[H-].[Na+].[Na+]. The van der Waals surface area contributed by atoms with Gasteiger partial charge in [-0.1, -0.05) is 14.9 Å². The molecule has 0 bridgehead atoms. The normalized spacial score (nSPS) is 13.1. The predicted molar refractivity (Wildman–Crippen MR) is 126 cm³/mol. The number of pyridine rings is 2. The zero-order chi connectivity index (χ0) is 25.3. The van der Waals surface area contributed by atoms with E-state index >= 15 is 0 Å². The summed E-state index contributed by atoms with van der Waals surface area (Å²) >= 11 is 0. The molecule has 6 amide bonds. The second kappa shape index (κ2) is 24.4. The molecule has 2 fully saturated rings. The molecule has 0 saturated carbocycles. The van der Waals surface area contributed by atoms with Crippen molar-refractivity contribution in [2.75, 3.05) is 13.6 Å². The third kappa shape index (κ3) is 16.7. The van der Waals surface area contributed by atoms with Crippen LogP contribution in [0.25, 0.3) is 6.08 Å². The van der Waals surface area contributed by atoms with Crippen molar-refractivity contribution < 1.29 is 99.5 Å². The quantitative estimate of drug-likeness (QED) is 0.0826. The molecule has 3 N–H and O–H groups in total. The van der Waals surface area contributed by atoms with Gasteiger partial charge in [-0.3, -0.25) is 39.4 Å². The molecule has 0 aromatic carbocycles. The number of hydrogen-bond donors (Lipinski definition) is 3. The average molecular weight is 550 g/mol.